The van der Waals surface area contributed by atoms with Crippen molar-refractivity contribution in [1.82, 2.24) is 14.9 Å². The van der Waals surface area contributed by atoms with E-state index < -0.39 is 0 Å². The van der Waals surface area contributed by atoms with E-state index in [4.69, 9.17) is 0 Å². The molecule has 2 rings (SSSR count). The van der Waals surface area contributed by atoms with Crippen molar-refractivity contribution in [3.05, 3.63) is 29.6 Å². The Hall–Kier alpha value is -1.00. The normalized spacial score (nSPS) is 13.7. The van der Waals surface area contributed by atoms with E-state index in [0.29, 0.717) is 0 Å². The Morgan fingerprint density at radius 2 is 2.13 bits per heavy atom. The number of aromatic nitrogens is 2. The maximum atomic E-state index is 4.54. The van der Waals surface area contributed by atoms with E-state index in [1.165, 1.54) is 5.56 Å². The molecule has 0 saturated heterocycles. The van der Waals surface area contributed by atoms with Gasteiger partial charge in [-0.05, 0) is 38.7 Å². The molecular formula is C11H15N3S. The zero-order chi connectivity index (χ0) is 11.0. The monoisotopic (exact) mass is 221 g/mol. The number of benzene rings is 1. The fraction of sp³-hybridized carbons (Fsp3) is 0.364. The second-order valence-electron chi connectivity index (χ2n) is 3.94. The highest BCUT2D eigenvalue weighted by molar-refractivity contribution is 7.80. The van der Waals surface area contributed by atoms with Crippen LogP contribution in [0.2, 0.25) is 0 Å². The molecule has 0 saturated carbocycles. The summed E-state index contributed by atoms with van der Waals surface area (Å²) in [6, 6.07) is 6.20. The zero-order valence-electron chi connectivity index (χ0n) is 9.15. The van der Waals surface area contributed by atoms with Crippen LogP contribution in [0.4, 0.5) is 0 Å². The number of nitrogens with one attached hydrogen (secondary N) is 1. The lowest BCUT2D eigenvalue weighted by atomic mass is 10.2. The molecular weight excluding hydrogens is 206 g/mol. The molecule has 1 aromatic carbocycles. The summed E-state index contributed by atoms with van der Waals surface area (Å²) in [5.74, 6) is 0.947. The van der Waals surface area contributed by atoms with E-state index in [9.17, 15) is 0 Å². The van der Waals surface area contributed by atoms with E-state index >= 15 is 0 Å². The Bertz CT molecular complexity index is 476. The molecule has 0 bridgehead atoms. The lowest BCUT2D eigenvalue weighted by Gasteiger charge is -2.18. The molecule has 0 radical (unpaired) electrons. The van der Waals surface area contributed by atoms with E-state index in [2.05, 4.69) is 39.6 Å². The first kappa shape index (κ1) is 10.5. The van der Waals surface area contributed by atoms with Crippen molar-refractivity contribution in [2.75, 3.05) is 14.1 Å². The van der Waals surface area contributed by atoms with Crippen LogP contribution >= 0.6 is 12.6 Å². The quantitative estimate of drug-likeness (QED) is 0.602. The van der Waals surface area contributed by atoms with Crippen LogP contribution in [0.5, 0.6) is 0 Å². The number of H-pyrrole nitrogens is 1. The summed E-state index contributed by atoms with van der Waals surface area (Å²) in [6.45, 7) is 1.96. The minimum absolute atomic E-state index is 0.123. The Labute approximate surface area is 94.9 Å². The molecule has 3 nitrogen and oxygen atoms in total. The summed E-state index contributed by atoms with van der Waals surface area (Å²) in [6.07, 6.45) is 0. The lowest BCUT2D eigenvalue weighted by molar-refractivity contribution is 0.394. The molecule has 80 valence electrons. The van der Waals surface area contributed by atoms with E-state index in [0.717, 1.165) is 16.9 Å². The molecule has 0 aliphatic rings. The number of imidazole rings is 1. The first-order valence-corrected chi connectivity index (χ1v) is 5.40. The van der Waals surface area contributed by atoms with Gasteiger partial charge in [0.25, 0.3) is 0 Å². The largest absolute Gasteiger partial charge is 0.342 e. The first-order chi connectivity index (χ1) is 7.08. The number of aryl methyl sites for hydroxylation is 1. The Kier molecular flexibility index (Phi) is 2.71. The summed E-state index contributed by atoms with van der Waals surface area (Å²) in [7, 11) is 4.03. The fourth-order valence-corrected chi connectivity index (χ4v) is 1.77. The maximum Gasteiger partial charge on any atom is 0.104 e. The zero-order valence-corrected chi connectivity index (χ0v) is 10.0. The minimum Gasteiger partial charge on any atom is -0.342 e. The summed E-state index contributed by atoms with van der Waals surface area (Å²) < 4.78 is 0. The van der Waals surface area contributed by atoms with Crippen LogP contribution in [0.3, 0.4) is 0 Å². The number of nitrogens with zero attached hydrogens (tertiary/aromatic N) is 2. The number of rotatable bonds is 2. The van der Waals surface area contributed by atoms with E-state index in [1.54, 1.807) is 0 Å². The molecule has 1 heterocycles. The van der Waals surface area contributed by atoms with Crippen molar-refractivity contribution in [3.8, 4) is 0 Å². The molecule has 0 aliphatic heterocycles. The third-order valence-electron chi connectivity index (χ3n) is 2.41. The van der Waals surface area contributed by atoms with Gasteiger partial charge in [0.05, 0.1) is 16.4 Å². The van der Waals surface area contributed by atoms with Gasteiger partial charge in [0.2, 0.25) is 0 Å². The number of hydrogen-bond donors (Lipinski definition) is 2. The number of thiol groups is 1. The predicted molar refractivity (Wildman–Crippen MR) is 66.2 cm³/mol. The minimum atomic E-state index is 0.123. The second kappa shape index (κ2) is 3.87. The number of hydrogen-bond acceptors (Lipinski definition) is 3. The molecule has 0 fully saturated rings. The first-order valence-electron chi connectivity index (χ1n) is 4.88. The highest BCUT2D eigenvalue weighted by atomic mass is 32.1. The molecule has 0 spiro atoms. The molecule has 15 heavy (non-hydrogen) atoms. The summed E-state index contributed by atoms with van der Waals surface area (Å²) in [5.41, 5.74) is 3.26. The van der Waals surface area contributed by atoms with Gasteiger partial charge in [0.1, 0.15) is 5.82 Å². The van der Waals surface area contributed by atoms with Crippen LogP contribution in [-0.2, 0) is 0 Å². The molecule has 1 aromatic heterocycles. The van der Waals surface area contributed by atoms with Crippen molar-refractivity contribution in [2.45, 2.75) is 12.3 Å². The van der Waals surface area contributed by atoms with E-state index in [-0.39, 0.29) is 5.37 Å². The van der Waals surface area contributed by atoms with E-state index in [1.807, 2.05) is 27.1 Å². The van der Waals surface area contributed by atoms with Crippen molar-refractivity contribution >= 4 is 23.7 Å². The molecule has 0 amide bonds. The number of aromatic amines is 1. The highest BCUT2D eigenvalue weighted by Crippen LogP contribution is 2.24. The summed E-state index contributed by atoms with van der Waals surface area (Å²) in [5, 5.41) is 0.123. The molecule has 0 aliphatic carbocycles. The van der Waals surface area contributed by atoms with Crippen molar-refractivity contribution in [3.63, 3.8) is 0 Å². The van der Waals surface area contributed by atoms with Gasteiger partial charge in [-0.25, -0.2) is 4.98 Å². The van der Waals surface area contributed by atoms with Crippen LogP contribution in [0, 0.1) is 6.92 Å². The van der Waals surface area contributed by atoms with Crippen molar-refractivity contribution in [2.24, 2.45) is 0 Å². The average Bonchev–Trinajstić information content (AvgIpc) is 2.55. The Morgan fingerprint density at radius 1 is 1.40 bits per heavy atom. The third kappa shape index (κ3) is 2.01. The Balaban J connectivity index is 2.46. The smallest absolute Gasteiger partial charge is 0.104 e. The highest BCUT2D eigenvalue weighted by Gasteiger charge is 2.09. The van der Waals surface area contributed by atoms with Crippen LogP contribution in [0.25, 0.3) is 11.0 Å². The maximum absolute atomic E-state index is 4.54. The standard InChI is InChI=1S/C11H15N3S/c1-7-12-9-5-4-8(6-10(9)13-7)11(15)14(2)3/h4-6,11,15H,1-3H3,(H,12,13). The molecule has 1 unspecified atom stereocenters. The van der Waals surface area contributed by atoms with Crippen LogP contribution in [0.1, 0.15) is 16.8 Å². The summed E-state index contributed by atoms with van der Waals surface area (Å²) in [4.78, 5) is 9.66. The fourth-order valence-electron chi connectivity index (χ4n) is 1.61. The molecule has 4 heteroatoms. The van der Waals surface area contributed by atoms with Gasteiger partial charge >= 0.3 is 0 Å². The topological polar surface area (TPSA) is 31.9 Å². The average molecular weight is 221 g/mol. The van der Waals surface area contributed by atoms with Crippen molar-refractivity contribution in [1.29, 1.82) is 0 Å². The van der Waals surface area contributed by atoms with Crippen LogP contribution < -0.4 is 0 Å². The number of fused-ring (bicyclic) bond motifs is 1. The lowest BCUT2D eigenvalue weighted by Crippen LogP contribution is -2.14. The second-order valence-corrected chi connectivity index (χ2v) is 4.43. The van der Waals surface area contributed by atoms with Crippen LogP contribution in [0.15, 0.2) is 18.2 Å². The molecule has 1 N–H and O–H groups in total. The van der Waals surface area contributed by atoms with Gasteiger partial charge in [-0.15, -0.1) is 0 Å². The third-order valence-corrected chi connectivity index (χ3v) is 3.17. The summed E-state index contributed by atoms with van der Waals surface area (Å²) >= 11 is 4.54. The van der Waals surface area contributed by atoms with Gasteiger partial charge in [0, 0.05) is 0 Å². The van der Waals surface area contributed by atoms with Gasteiger partial charge in [-0.3, -0.25) is 4.90 Å². The predicted octanol–water partition coefficient (Wildman–Crippen LogP) is 2.36. The molecule has 1 atom stereocenters. The van der Waals surface area contributed by atoms with Crippen LogP contribution in [-0.4, -0.2) is 29.0 Å². The van der Waals surface area contributed by atoms with Crippen molar-refractivity contribution < 1.29 is 0 Å². The molecule has 2 aromatic rings. The Morgan fingerprint density at radius 3 is 2.80 bits per heavy atom. The van der Waals surface area contributed by atoms with Gasteiger partial charge in [-0.1, -0.05) is 6.07 Å². The van der Waals surface area contributed by atoms with Gasteiger partial charge in [-0.2, -0.15) is 12.6 Å². The van der Waals surface area contributed by atoms with Gasteiger partial charge in [0.15, 0.2) is 0 Å². The van der Waals surface area contributed by atoms with Gasteiger partial charge < -0.3 is 4.98 Å². The SMILES string of the molecule is Cc1nc2ccc(C(S)N(C)C)cc2[nH]1.